The first-order valence-electron chi connectivity index (χ1n) is 9.26. The molecular formula is C20H26N2O4S2. The summed E-state index contributed by atoms with van der Waals surface area (Å²) in [6.45, 7) is 4.98. The summed E-state index contributed by atoms with van der Waals surface area (Å²) in [7, 11) is -7.51. The molecule has 2 aromatic rings. The average Bonchev–Trinajstić information content (AvgIpc) is 2.89. The summed E-state index contributed by atoms with van der Waals surface area (Å²) in [4.78, 5) is 1.97. The van der Waals surface area contributed by atoms with Crippen molar-refractivity contribution >= 4 is 19.9 Å². The molecule has 3 rings (SSSR count). The molecule has 0 radical (unpaired) electrons. The highest BCUT2D eigenvalue weighted by Gasteiger charge is 2.31. The molecule has 0 atom stereocenters. The summed E-state index contributed by atoms with van der Waals surface area (Å²) in [6.07, 6.45) is 1.74. The topological polar surface area (TPSA) is 74.8 Å². The van der Waals surface area contributed by atoms with Gasteiger partial charge in [0, 0.05) is 32.4 Å². The quantitative estimate of drug-likeness (QED) is 0.739. The van der Waals surface area contributed by atoms with Gasteiger partial charge in [0.05, 0.1) is 4.90 Å². The fourth-order valence-corrected chi connectivity index (χ4v) is 6.55. The number of benzene rings is 2. The molecular weight excluding hydrogens is 396 g/mol. The number of rotatable bonds is 5. The van der Waals surface area contributed by atoms with E-state index in [2.05, 4.69) is 24.0 Å². The largest absolute Gasteiger partial charge is 0.298 e. The van der Waals surface area contributed by atoms with E-state index in [1.807, 2.05) is 12.1 Å². The van der Waals surface area contributed by atoms with Crippen LogP contribution in [0, 0.1) is 6.92 Å². The highest BCUT2D eigenvalue weighted by molar-refractivity contribution is 7.93. The van der Waals surface area contributed by atoms with Crippen LogP contribution in [0.15, 0.2) is 58.3 Å². The minimum atomic E-state index is -3.88. The van der Waals surface area contributed by atoms with Crippen molar-refractivity contribution in [2.75, 3.05) is 32.4 Å². The van der Waals surface area contributed by atoms with Crippen LogP contribution in [0.1, 0.15) is 17.5 Å². The van der Waals surface area contributed by atoms with Crippen LogP contribution in [-0.4, -0.2) is 58.5 Å². The van der Waals surface area contributed by atoms with Crippen LogP contribution in [0.3, 0.4) is 0 Å². The SMILES string of the molecule is Cc1ccccc1CN1CCCN(S(=O)(=O)c2ccccc2S(C)(=O)=O)CC1. The standard InChI is InChI=1S/C20H26N2O4S2/c1-17-8-3-4-9-18(17)16-21-12-7-13-22(15-14-21)28(25,26)20-11-6-5-10-19(20)27(2,23)24/h3-6,8-11H,7,12-16H2,1-2H3. The Balaban J connectivity index is 1.80. The van der Waals surface area contributed by atoms with E-state index in [9.17, 15) is 16.8 Å². The normalized spacial score (nSPS) is 17.4. The molecule has 0 amide bonds. The lowest BCUT2D eigenvalue weighted by atomic mass is 10.1. The Bertz CT molecular complexity index is 1050. The molecule has 0 saturated carbocycles. The molecule has 1 aliphatic rings. The lowest BCUT2D eigenvalue weighted by Crippen LogP contribution is -2.35. The first-order valence-corrected chi connectivity index (χ1v) is 12.6. The second-order valence-electron chi connectivity index (χ2n) is 7.18. The van der Waals surface area contributed by atoms with E-state index < -0.39 is 19.9 Å². The predicted octanol–water partition coefficient (Wildman–Crippen LogP) is 2.30. The zero-order valence-corrected chi connectivity index (χ0v) is 17.8. The van der Waals surface area contributed by atoms with Gasteiger partial charge in [0.25, 0.3) is 0 Å². The Kier molecular flexibility index (Phi) is 6.24. The van der Waals surface area contributed by atoms with Crippen LogP contribution in [0.4, 0.5) is 0 Å². The van der Waals surface area contributed by atoms with E-state index in [0.29, 0.717) is 26.1 Å². The predicted molar refractivity (Wildman–Crippen MR) is 109 cm³/mol. The molecule has 1 saturated heterocycles. The number of sulfone groups is 1. The van der Waals surface area contributed by atoms with Gasteiger partial charge in [-0.3, -0.25) is 4.90 Å². The Morgan fingerprint density at radius 3 is 2.14 bits per heavy atom. The van der Waals surface area contributed by atoms with E-state index in [1.54, 1.807) is 12.1 Å². The molecule has 1 aliphatic heterocycles. The Labute approximate surface area is 167 Å². The van der Waals surface area contributed by atoms with Gasteiger partial charge in [-0.15, -0.1) is 0 Å². The second-order valence-corrected chi connectivity index (χ2v) is 11.1. The molecule has 0 spiro atoms. The van der Waals surface area contributed by atoms with E-state index in [1.165, 1.54) is 27.6 Å². The smallest absolute Gasteiger partial charge is 0.244 e. The van der Waals surface area contributed by atoms with Gasteiger partial charge in [0.1, 0.15) is 4.90 Å². The number of nitrogens with zero attached hydrogens (tertiary/aromatic N) is 2. The van der Waals surface area contributed by atoms with Crippen LogP contribution in [-0.2, 0) is 26.4 Å². The highest BCUT2D eigenvalue weighted by atomic mass is 32.2. The summed E-state index contributed by atoms with van der Waals surface area (Å²) >= 11 is 0. The fourth-order valence-electron chi connectivity index (χ4n) is 3.48. The first-order chi connectivity index (χ1) is 13.2. The summed E-state index contributed by atoms with van der Waals surface area (Å²) in [5.74, 6) is 0. The van der Waals surface area contributed by atoms with Gasteiger partial charge in [0.2, 0.25) is 10.0 Å². The Morgan fingerprint density at radius 2 is 1.46 bits per heavy atom. The molecule has 0 N–H and O–H groups in total. The molecule has 8 heteroatoms. The lowest BCUT2D eigenvalue weighted by Gasteiger charge is -2.23. The average molecular weight is 423 g/mol. The molecule has 1 fully saturated rings. The van der Waals surface area contributed by atoms with Crippen molar-refractivity contribution in [3.8, 4) is 0 Å². The van der Waals surface area contributed by atoms with Crippen molar-refractivity contribution < 1.29 is 16.8 Å². The maximum atomic E-state index is 13.2. The van der Waals surface area contributed by atoms with Gasteiger partial charge in [-0.2, -0.15) is 4.31 Å². The Morgan fingerprint density at radius 1 is 0.821 bits per heavy atom. The fraction of sp³-hybridized carbons (Fsp3) is 0.400. The van der Waals surface area contributed by atoms with Crippen LogP contribution < -0.4 is 0 Å². The lowest BCUT2D eigenvalue weighted by molar-refractivity contribution is 0.278. The van der Waals surface area contributed by atoms with Gasteiger partial charge in [-0.1, -0.05) is 36.4 Å². The van der Waals surface area contributed by atoms with E-state index in [0.717, 1.165) is 19.3 Å². The first kappa shape index (κ1) is 21.0. The van der Waals surface area contributed by atoms with Gasteiger partial charge in [-0.25, -0.2) is 16.8 Å². The summed E-state index contributed by atoms with van der Waals surface area (Å²) in [5.41, 5.74) is 2.46. The van der Waals surface area contributed by atoms with Crippen LogP contribution in [0.2, 0.25) is 0 Å². The van der Waals surface area contributed by atoms with Crippen molar-refractivity contribution in [1.82, 2.24) is 9.21 Å². The van der Waals surface area contributed by atoms with E-state index in [-0.39, 0.29) is 9.79 Å². The van der Waals surface area contributed by atoms with Crippen molar-refractivity contribution in [3.63, 3.8) is 0 Å². The zero-order chi connectivity index (χ0) is 20.4. The summed E-state index contributed by atoms with van der Waals surface area (Å²) in [5, 5.41) is 0. The van der Waals surface area contributed by atoms with Crippen molar-refractivity contribution in [1.29, 1.82) is 0 Å². The number of sulfonamides is 1. The number of hydrogen-bond acceptors (Lipinski definition) is 5. The number of aryl methyl sites for hydroxylation is 1. The zero-order valence-electron chi connectivity index (χ0n) is 16.2. The molecule has 6 nitrogen and oxygen atoms in total. The molecule has 1 heterocycles. The van der Waals surface area contributed by atoms with Crippen molar-refractivity contribution in [2.24, 2.45) is 0 Å². The monoisotopic (exact) mass is 422 g/mol. The van der Waals surface area contributed by atoms with E-state index in [4.69, 9.17) is 0 Å². The summed E-state index contributed by atoms with van der Waals surface area (Å²) < 4.78 is 51.8. The number of hydrogen-bond donors (Lipinski definition) is 0. The minimum Gasteiger partial charge on any atom is -0.298 e. The highest BCUT2D eigenvalue weighted by Crippen LogP contribution is 2.25. The van der Waals surface area contributed by atoms with Crippen LogP contribution >= 0.6 is 0 Å². The third-order valence-electron chi connectivity index (χ3n) is 5.07. The van der Waals surface area contributed by atoms with Crippen molar-refractivity contribution in [3.05, 3.63) is 59.7 Å². The van der Waals surface area contributed by atoms with Crippen molar-refractivity contribution in [2.45, 2.75) is 29.7 Å². The third kappa shape index (κ3) is 4.63. The molecule has 0 aliphatic carbocycles. The van der Waals surface area contributed by atoms with Gasteiger partial charge < -0.3 is 0 Å². The minimum absolute atomic E-state index is 0.134. The third-order valence-corrected chi connectivity index (χ3v) is 8.31. The molecule has 28 heavy (non-hydrogen) atoms. The van der Waals surface area contributed by atoms with Crippen LogP contribution in [0.5, 0.6) is 0 Å². The molecule has 0 unspecified atom stereocenters. The maximum absolute atomic E-state index is 13.2. The van der Waals surface area contributed by atoms with Crippen LogP contribution in [0.25, 0.3) is 0 Å². The maximum Gasteiger partial charge on any atom is 0.244 e. The molecule has 152 valence electrons. The van der Waals surface area contributed by atoms with E-state index >= 15 is 0 Å². The summed E-state index contributed by atoms with van der Waals surface area (Å²) in [6, 6.07) is 14.0. The Hall–Kier alpha value is -1.74. The van der Waals surface area contributed by atoms with Gasteiger partial charge >= 0.3 is 0 Å². The van der Waals surface area contributed by atoms with Gasteiger partial charge in [-0.05, 0) is 43.1 Å². The van der Waals surface area contributed by atoms with Gasteiger partial charge in [0.15, 0.2) is 9.84 Å². The molecule has 2 aromatic carbocycles. The second kappa shape index (κ2) is 8.32. The molecule has 0 aromatic heterocycles. The molecule has 0 bridgehead atoms.